The van der Waals surface area contributed by atoms with Crippen molar-refractivity contribution < 1.29 is 31.9 Å². The Kier molecular flexibility index (Phi) is 5.97. The minimum atomic E-state index is -2.83. The third-order valence-corrected chi connectivity index (χ3v) is 6.99. The van der Waals surface area contributed by atoms with E-state index >= 15 is 0 Å². The van der Waals surface area contributed by atoms with Crippen LogP contribution in [0.1, 0.15) is 46.9 Å². The van der Waals surface area contributed by atoms with Crippen molar-refractivity contribution in [2.45, 2.75) is 37.4 Å². The normalized spacial score (nSPS) is 24.5. The zero-order valence-corrected chi connectivity index (χ0v) is 18.4. The van der Waals surface area contributed by atoms with Crippen molar-refractivity contribution in [3.8, 4) is 0 Å². The van der Waals surface area contributed by atoms with Gasteiger partial charge in [0.05, 0.1) is 24.3 Å². The minimum Gasteiger partial charge on any atom is -0.381 e. The number of benzene rings is 1. The van der Waals surface area contributed by atoms with Crippen molar-refractivity contribution in [2.24, 2.45) is 11.8 Å². The van der Waals surface area contributed by atoms with Crippen LogP contribution in [0.2, 0.25) is 5.02 Å². The van der Waals surface area contributed by atoms with E-state index in [0.29, 0.717) is 6.42 Å². The maximum Gasteiger partial charge on any atom is 0.280 e. The summed E-state index contributed by atoms with van der Waals surface area (Å²) in [6.45, 7) is 0.501. The Morgan fingerprint density at radius 1 is 1.15 bits per heavy atom. The Labute approximate surface area is 197 Å². The number of fused-ring (bicyclic) bond motifs is 1. The summed E-state index contributed by atoms with van der Waals surface area (Å²) in [5.41, 5.74) is -0.561. The Hall–Kier alpha value is -2.72. The number of carbonyl (C=O) groups is 2. The zero-order valence-electron chi connectivity index (χ0n) is 17.7. The number of pyridine rings is 1. The first-order valence-corrected chi connectivity index (χ1v) is 11.2. The van der Waals surface area contributed by atoms with Gasteiger partial charge in [0.25, 0.3) is 12.3 Å². The average Bonchev–Trinajstić information content (AvgIpc) is 3.43. The number of alkyl halides is 2. The summed E-state index contributed by atoms with van der Waals surface area (Å²) in [5.74, 6) is -2.79. The van der Waals surface area contributed by atoms with Gasteiger partial charge in [-0.3, -0.25) is 14.6 Å². The van der Waals surface area contributed by atoms with E-state index in [1.54, 1.807) is 0 Å². The number of ether oxygens (including phenoxy) is 1. The van der Waals surface area contributed by atoms with E-state index in [2.05, 4.69) is 10.3 Å². The fraction of sp³-hybridized carbons (Fsp3) is 0.435. The molecule has 0 radical (unpaired) electrons. The summed E-state index contributed by atoms with van der Waals surface area (Å²) in [4.78, 5) is 31.5. The topological polar surface area (TPSA) is 71.5 Å². The van der Waals surface area contributed by atoms with Crippen LogP contribution < -0.4 is 5.32 Å². The van der Waals surface area contributed by atoms with Gasteiger partial charge in [-0.2, -0.15) is 0 Å². The Morgan fingerprint density at radius 3 is 2.59 bits per heavy atom. The molecule has 34 heavy (non-hydrogen) atoms. The second kappa shape index (κ2) is 8.81. The van der Waals surface area contributed by atoms with Crippen LogP contribution in [0.25, 0.3) is 0 Å². The van der Waals surface area contributed by atoms with Crippen LogP contribution in [-0.2, 0) is 9.53 Å². The highest BCUT2D eigenvalue weighted by Crippen LogP contribution is 2.48. The molecule has 1 N–H and O–H groups in total. The summed E-state index contributed by atoms with van der Waals surface area (Å²) in [5, 5.41) is 2.41. The van der Waals surface area contributed by atoms with Gasteiger partial charge < -0.3 is 15.0 Å². The Balaban J connectivity index is 1.39. The van der Waals surface area contributed by atoms with Crippen LogP contribution in [0.15, 0.2) is 30.5 Å². The molecule has 11 heteroatoms. The van der Waals surface area contributed by atoms with Gasteiger partial charge in [0, 0.05) is 29.3 Å². The molecule has 6 nitrogen and oxygen atoms in total. The largest absolute Gasteiger partial charge is 0.381 e. The number of rotatable bonds is 6. The van der Waals surface area contributed by atoms with E-state index in [1.165, 1.54) is 11.0 Å². The number of halogens is 5. The van der Waals surface area contributed by atoms with Gasteiger partial charge in [-0.25, -0.2) is 17.6 Å². The van der Waals surface area contributed by atoms with E-state index < -0.39 is 47.7 Å². The lowest BCUT2D eigenvalue weighted by molar-refractivity contribution is -0.128. The van der Waals surface area contributed by atoms with Crippen molar-refractivity contribution in [3.63, 3.8) is 0 Å². The number of hydrogen-bond donors (Lipinski definition) is 1. The minimum absolute atomic E-state index is 0.0189. The second-order valence-electron chi connectivity index (χ2n) is 8.87. The summed E-state index contributed by atoms with van der Waals surface area (Å²) < 4.78 is 60.0. The number of likely N-dealkylation sites (tertiary alicyclic amines) is 1. The highest BCUT2D eigenvalue weighted by atomic mass is 35.5. The Morgan fingerprint density at radius 2 is 1.91 bits per heavy atom. The Bertz CT molecular complexity index is 1150. The first-order chi connectivity index (χ1) is 16.2. The van der Waals surface area contributed by atoms with Gasteiger partial charge in [-0.15, -0.1) is 0 Å². The quantitative estimate of drug-likeness (QED) is 0.483. The maximum absolute atomic E-state index is 14.7. The maximum atomic E-state index is 14.7. The lowest BCUT2D eigenvalue weighted by atomic mass is 9.90. The van der Waals surface area contributed by atoms with Crippen molar-refractivity contribution in [2.75, 3.05) is 13.2 Å². The molecular weight excluding hydrogens is 478 g/mol. The van der Waals surface area contributed by atoms with E-state index in [4.69, 9.17) is 16.3 Å². The van der Waals surface area contributed by atoms with Crippen molar-refractivity contribution in [3.05, 3.63) is 63.9 Å². The molecule has 1 aliphatic carbocycles. The number of hydrogen-bond acceptors (Lipinski definition) is 4. The molecule has 2 amide bonds. The lowest BCUT2D eigenvalue weighted by Gasteiger charge is -2.36. The molecule has 1 aromatic heterocycles. The van der Waals surface area contributed by atoms with Gasteiger partial charge >= 0.3 is 0 Å². The van der Waals surface area contributed by atoms with Gasteiger partial charge in [-0.1, -0.05) is 11.6 Å². The first kappa shape index (κ1) is 23.0. The standard InChI is InChI=1S/C23H20ClF4N3O3/c24-14-7-15(25)13(6-16(14)26)20(12-8-34-9-12)30-22(32)19-5-11-4-18(11)31(19)23(33)10-1-2-29-17(3-10)21(27)28/h1-3,6-7,11-12,18-21H,4-5,8-9H2,(H,30,32)/t11-,18-,19-,20?/m1/s1. The number of nitrogens with one attached hydrogen (secondary N) is 1. The van der Waals surface area contributed by atoms with Crippen LogP contribution in [0, 0.1) is 23.5 Å². The molecule has 1 saturated carbocycles. The van der Waals surface area contributed by atoms with Crippen LogP contribution in [-0.4, -0.2) is 47.0 Å². The average molecular weight is 498 g/mol. The van der Waals surface area contributed by atoms with E-state index in [9.17, 15) is 27.2 Å². The second-order valence-corrected chi connectivity index (χ2v) is 9.28. The highest BCUT2D eigenvalue weighted by molar-refractivity contribution is 6.30. The molecule has 2 aliphatic heterocycles. The van der Waals surface area contributed by atoms with Gasteiger partial charge in [0.1, 0.15) is 23.4 Å². The molecule has 3 fully saturated rings. The summed E-state index contributed by atoms with van der Waals surface area (Å²) in [7, 11) is 0. The SMILES string of the molecule is O=C(NC(c1cc(F)c(Cl)cc1F)C1COC1)[C@H]1C[C@H]2C[C@H]2N1C(=O)c1ccnc(C(F)F)c1. The molecule has 3 heterocycles. The molecular formula is C23H20ClF4N3O3. The van der Waals surface area contributed by atoms with E-state index in [0.717, 1.165) is 30.8 Å². The molecule has 180 valence electrons. The smallest absolute Gasteiger partial charge is 0.280 e. The fourth-order valence-electron chi connectivity index (χ4n) is 4.75. The van der Waals surface area contributed by atoms with Crippen LogP contribution in [0.4, 0.5) is 17.6 Å². The molecule has 0 spiro atoms. The van der Waals surface area contributed by atoms with Crippen molar-refractivity contribution in [1.82, 2.24) is 15.2 Å². The summed E-state index contributed by atoms with van der Waals surface area (Å²) >= 11 is 5.67. The number of carbonyl (C=O) groups excluding carboxylic acids is 2. The molecule has 1 aromatic carbocycles. The monoisotopic (exact) mass is 497 g/mol. The fourth-order valence-corrected chi connectivity index (χ4v) is 4.90. The highest BCUT2D eigenvalue weighted by Gasteiger charge is 2.56. The first-order valence-electron chi connectivity index (χ1n) is 10.8. The number of piperidine rings is 1. The molecule has 0 bridgehead atoms. The van der Waals surface area contributed by atoms with Crippen molar-refractivity contribution >= 4 is 23.4 Å². The predicted molar refractivity (Wildman–Crippen MR) is 112 cm³/mol. The predicted octanol–water partition coefficient (Wildman–Crippen LogP) is 4.06. The lowest BCUT2D eigenvalue weighted by Crippen LogP contribution is -2.51. The van der Waals surface area contributed by atoms with E-state index in [-0.39, 0.29) is 47.2 Å². The summed E-state index contributed by atoms with van der Waals surface area (Å²) in [6, 6.07) is 2.27. The van der Waals surface area contributed by atoms with Gasteiger partial charge in [-0.05, 0) is 43.0 Å². The molecule has 2 aromatic rings. The van der Waals surface area contributed by atoms with Crippen LogP contribution >= 0.6 is 11.6 Å². The number of nitrogens with zero attached hydrogens (tertiary/aromatic N) is 2. The van der Waals surface area contributed by atoms with E-state index in [1.807, 2.05) is 0 Å². The summed E-state index contributed by atoms with van der Waals surface area (Å²) in [6.07, 6.45) is -0.576. The third-order valence-electron chi connectivity index (χ3n) is 6.70. The molecule has 3 aliphatic rings. The van der Waals surface area contributed by atoms with Gasteiger partial charge in [0.15, 0.2) is 0 Å². The molecule has 4 atom stereocenters. The van der Waals surface area contributed by atoms with Crippen molar-refractivity contribution in [1.29, 1.82) is 0 Å². The molecule has 2 saturated heterocycles. The number of aromatic nitrogens is 1. The molecule has 5 rings (SSSR count). The van der Waals surface area contributed by atoms with Crippen LogP contribution in [0.3, 0.4) is 0 Å². The van der Waals surface area contributed by atoms with Crippen LogP contribution in [0.5, 0.6) is 0 Å². The zero-order chi connectivity index (χ0) is 24.1. The van der Waals surface area contributed by atoms with Gasteiger partial charge in [0.2, 0.25) is 5.91 Å². The number of amides is 2. The molecule has 1 unspecified atom stereocenters. The third kappa shape index (κ3) is 4.13.